The maximum Gasteiger partial charge on any atom is 0.408 e. The van der Waals surface area contributed by atoms with Crippen LogP contribution in [0.2, 0.25) is 0 Å². The van der Waals surface area contributed by atoms with Crippen molar-refractivity contribution in [1.29, 1.82) is 0 Å². The maximum absolute atomic E-state index is 12.4. The monoisotopic (exact) mass is 312 g/mol. The van der Waals surface area contributed by atoms with E-state index < -0.39 is 12.7 Å². The zero-order valence-corrected chi connectivity index (χ0v) is 13.0. The van der Waals surface area contributed by atoms with Crippen LogP contribution in [-0.4, -0.2) is 23.1 Å². The predicted octanol–water partition coefficient (Wildman–Crippen LogP) is 4.42. The number of hydrogen-bond acceptors (Lipinski definition) is 2. The summed E-state index contributed by atoms with van der Waals surface area (Å²) in [5.41, 5.74) is 2.00. The summed E-state index contributed by atoms with van der Waals surface area (Å²) < 4.78 is 43.7. The summed E-state index contributed by atoms with van der Waals surface area (Å²) in [6.07, 6.45) is -2.97. The average molecular weight is 312 g/mol. The van der Waals surface area contributed by atoms with Gasteiger partial charge in [-0.25, -0.2) is 0 Å². The molecule has 0 bridgehead atoms. The van der Waals surface area contributed by atoms with E-state index >= 15 is 0 Å². The molecule has 0 unspecified atom stereocenters. The summed E-state index contributed by atoms with van der Waals surface area (Å²) in [6.45, 7) is 5.05. The molecule has 6 heteroatoms. The smallest absolute Gasteiger partial charge is 0.408 e. The molecule has 0 radical (unpaired) electrons. The van der Waals surface area contributed by atoms with E-state index in [1.165, 1.54) is 6.20 Å². The predicted molar refractivity (Wildman–Crippen MR) is 79.0 cm³/mol. The molecule has 0 saturated carbocycles. The minimum Gasteiger partial charge on any atom is -0.496 e. The number of para-hydroxylation sites is 1. The first kappa shape index (κ1) is 16.4. The highest BCUT2D eigenvalue weighted by Gasteiger charge is 2.29. The highest BCUT2D eigenvalue weighted by molar-refractivity contribution is 5.69. The Bertz CT molecular complexity index is 654. The zero-order valence-electron chi connectivity index (χ0n) is 13.0. The van der Waals surface area contributed by atoms with Gasteiger partial charge in [0.15, 0.2) is 0 Å². The summed E-state index contributed by atoms with van der Waals surface area (Å²) >= 11 is 0. The molecule has 0 amide bonds. The fourth-order valence-corrected chi connectivity index (χ4v) is 2.33. The van der Waals surface area contributed by atoms with Crippen LogP contribution in [0.15, 0.2) is 30.5 Å². The van der Waals surface area contributed by atoms with Crippen LogP contribution in [0.25, 0.3) is 11.3 Å². The third kappa shape index (κ3) is 3.61. The summed E-state index contributed by atoms with van der Waals surface area (Å²) in [5, 5.41) is 4.01. The Labute approximate surface area is 127 Å². The van der Waals surface area contributed by atoms with Crippen LogP contribution < -0.4 is 4.74 Å². The molecule has 0 aliphatic heterocycles. The Morgan fingerprint density at radius 3 is 2.36 bits per heavy atom. The van der Waals surface area contributed by atoms with Crippen molar-refractivity contribution in [1.82, 2.24) is 9.78 Å². The lowest BCUT2D eigenvalue weighted by Crippen LogP contribution is -2.18. The number of ether oxygens (including phenoxy) is 1. The van der Waals surface area contributed by atoms with Crippen molar-refractivity contribution >= 4 is 0 Å². The molecule has 2 rings (SSSR count). The van der Waals surface area contributed by atoms with Crippen LogP contribution in [0.4, 0.5) is 13.2 Å². The van der Waals surface area contributed by atoms with Crippen molar-refractivity contribution in [3.05, 3.63) is 36.0 Å². The Hall–Kier alpha value is -1.98. The molecule has 0 spiro atoms. The molecule has 0 aliphatic carbocycles. The number of alkyl halides is 3. The molecule has 2 aromatic rings. The van der Waals surface area contributed by atoms with Gasteiger partial charge >= 0.3 is 6.18 Å². The summed E-state index contributed by atoms with van der Waals surface area (Å²) in [6, 6.07) is 7.18. The molecule has 0 fully saturated rings. The second-order valence-corrected chi connectivity index (χ2v) is 6.15. The molecule has 22 heavy (non-hydrogen) atoms. The van der Waals surface area contributed by atoms with Gasteiger partial charge in [0, 0.05) is 17.3 Å². The van der Waals surface area contributed by atoms with E-state index in [1.54, 1.807) is 19.2 Å². The first-order valence-electron chi connectivity index (χ1n) is 6.90. The first-order valence-corrected chi connectivity index (χ1v) is 6.90. The van der Waals surface area contributed by atoms with Crippen molar-refractivity contribution in [2.24, 2.45) is 0 Å². The fourth-order valence-electron chi connectivity index (χ4n) is 2.33. The average Bonchev–Trinajstić information content (AvgIpc) is 2.82. The van der Waals surface area contributed by atoms with Gasteiger partial charge in [0.2, 0.25) is 0 Å². The number of benzene rings is 1. The van der Waals surface area contributed by atoms with Crippen LogP contribution in [-0.2, 0) is 12.0 Å². The van der Waals surface area contributed by atoms with E-state index in [4.69, 9.17) is 4.74 Å². The summed E-state index contributed by atoms with van der Waals surface area (Å²) in [5.74, 6) is 0.646. The summed E-state index contributed by atoms with van der Waals surface area (Å²) in [4.78, 5) is 0. The van der Waals surface area contributed by atoms with E-state index in [1.807, 2.05) is 12.1 Å². The van der Waals surface area contributed by atoms with Gasteiger partial charge < -0.3 is 4.74 Å². The molecule has 0 saturated heterocycles. The van der Waals surface area contributed by atoms with Gasteiger partial charge in [0.25, 0.3) is 0 Å². The Morgan fingerprint density at radius 1 is 1.14 bits per heavy atom. The lowest BCUT2D eigenvalue weighted by atomic mass is 9.85. The Kier molecular flexibility index (Phi) is 4.22. The summed E-state index contributed by atoms with van der Waals surface area (Å²) in [7, 11) is 1.56. The lowest BCUT2D eigenvalue weighted by Gasteiger charge is -2.23. The van der Waals surface area contributed by atoms with Crippen molar-refractivity contribution in [3.8, 4) is 17.0 Å². The molecular formula is C16H19F3N2O. The zero-order chi connectivity index (χ0) is 16.5. The largest absolute Gasteiger partial charge is 0.496 e. The van der Waals surface area contributed by atoms with E-state index in [2.05, 4.69) is 25.9 Å². The van der Waals surface area contributed by atoms with Gasteiger partial charge in [-0.3, -0.25) is 4.68 Å². The van der Waals surface area contributed by atoms with Crippen molar-refractivity contribution in [2.45, 2.75) is 38.9 Å². The first-order chi connectivity index (χ1) is 10.1. The molecular weight excluding hydrogens is 293 g/mol. The molecule has 1 aromatic carbocycles. The molecule has 0 aliphatic rings. The SMILES string of the molecule is COc1c(-c2ccn(CC(F)(F)F)n2)cccc1C(C)(C)C. The quantitative estimate of drug-likeness (QED) is 0.839. The third-order valence-corrected chi connectivity index (χ3v) is 3.29. The maximum atomic E-state index is 12.4. The topological polar surface area (TPSA) is 27.1 Å². The number of nitrogens with zero attached hydrogens (tertiary/aromatic N) is 2. The molecule has 1 aromatic heterocycles. The van der Waals surface area contributed by atoms with Crippen LogP contribution in [0.1, 0.15) is 26.3 Å². The van der Waals surface area contributed by atoms with E-state index in [9.17, 15) is 13.2 Å². The van der Waals surface area contributed by atoms with Gasteiger partial charge in [0.05, 0.1) is 12.8 Å². The van der Waals surface area contributed by atoms with Gasteiger partial charge in [-0.1, -0.05) is 32.9 Å². The molecule has 3 nitrogen and oxygen atoms in total. The highest BCUT2D eigenvalue weighted by atomic mass is 19.4. The minimum atomic E-state index is -4.29. The minimum absolute atomic E-state index is 0.143. The van der Waals surface area contributed by atoms with Gasteiger partial charge in [0.1, 0.15) is 12.3 Å². The standard InChI is InChI=1S/C16H19F3N2O/c1-15(2,3)12-7-5-6-11(14(12)22-4)13-8-9-21(20-13)10-16(17,18)19/h5-9H,10H2,1-4H3. The van der Waals surface area contributed by atoms with Crippen LogP contribution >= 0.6 is 0 Å². The normalized spacial score (nSPS) is 12.5. The third-order valence-electron chi connectivity index (χ3n) is 3.29. The van der Waals surface area contributed by atoms with E-state index in [-0.39, 0.29) is 5.41 Å². The lowest BCUT2D eigenvalue weighted by molar-refractivity contribution is -0.142. The van der Waals surface area contributed by atoms with Gasteiger partial charge in [-0.2, -0.15) is 18.3 Å². The molecule has 120 valence electrons. The highest BCUT2D eigenvalue weighted by Crippen LogP contribution is 2.38. The molecule has 1 heterocycles. The van der Waals surface area contributed by atoms with Crippen molar-refractivity contribution in [2.75, 3.05) is 7.11 Å². The van der Waals surface area contributed by atoms with Crippen molar-refractivity contribution in [3.63, 3.8) is 0 Å². The second-order valence-electron chi connectivity index (χ2n) is 6.15. The Balaban J connectivity index is 2.45. The number of aromatic nitrogens is 2. The van der Waals surface area contributed by atoms with E-state index in [0.717, 1.165) is 10.2 Å². The molecule has 0 N–H and O–H groups in total. The van der Waals surface area contributed by atoms with Crippen molar-refractivity contribution < 1.29 is 17.9 Å². The second kappa shape index (κ2) is 5.66. The van der Waals surface area contributed by atoms with E-state index in [0.29, 0.717) is 17.0 Å². The Morgan fingerprint density at radius 2 is 1.82 bits per heavy atom. The number of hydrogen-bond donors (Lipinski definition) is 0. The fraction of sp³-hybridized carbons (Fsp3) is 0.438. The van der Waals surface area contributed by atoms with Gasteiger partial charge in [-0.15, -0.1) is 0 Å². The van der Waals surface area contributed by atoms with Gasteiger partial charge in [-0.05, 0) is 17.5 Å². The number of halogens is 3. The van der Waals surface area contributed by atoms with Crippen LogP contribution in [0, 0.1) is 0 Å². The number of methoxy groups -OCH3 is 1. The molecule has 0 atom stereocenters. The number of rotatable bonds is 3. The van der Waals surface area contributed by atoms with Crippen LogP contribution in [0.5, 0.6) is 5.75 Å². The van der Waals surface area contributed by atoms with Crippen LogP contribution in [0.3, 0.4) is 0 Å².